The van der Waals surface area contributed by atoms with E-state index in [-0.39, 0.29) is 17.2 Å². The van der Waals surface area contributed by atoms with Crippen LogP contribution in [-0.2, 0) is 0 Å². The lowest BCUT2D eigenvalue weighted by Gasteiger charge is -2.36. The smallest absolute Gasteiger partial charge is 0.251 e. The number of amides is 1. The molecule has 1 aromatic carbocycles. The lowest BCUT2D eigenvalue weighted by atomic mass is 9.78. The normalized spacial score (nSPS) is 16.3. The molecule has 2 N–H and O–H groups in total. The number of rotatable bonds is 3. The fraction of sp³-hybridized carbons (Fsp3) is 0.385. The molecule has 1 aliphatic carbocycles. The third-order valence-electron chi connectivity index (χ3n) is 3.25. The van der Waals surface area contributed by atoms with Gasteiger partial charge < -0.3 is 10.6 Å². The highest BCUT2D eigenvalue weighted by atomic mass is 19.1. The summed E-state index contributed by atoms with van der Waals surface area (Å²) < 4.78 is 13.8. The molecule has 1 aliphatic rings. The summed E-state index contributed by atoms with van der Waals surface area (Å²) in [5.74, 6) is -0.850. The van der Waals surface area contributed by atoms with Gasteiger partial charge in [-0.05, 0) is 37.5 Å². The molecule has 0 spiro atoms. The largest absolute Gasteiger partial charge is 0.365 e. The number of halogens is 1. The van der Waals surface area contributed by atoms with E-state index >= 15 is 0 Å². The topological polar surface area (TPSA) is 64.9 Å². The van der Waals surface area contributed by atoms with Crippen LogP contribution in [0.3, 0.4) is 0 Å². The minimum Gasteiger partial charge on any atom is -0.365 e. The Morgan fingerprint density at radius 3 is 2.67 bits per heavy atom. The lowest BCUT2D eigenvalue weighted by Crippen LogP contribution is -2.43. The van der Waals surface area contributed by atoms with Gasteiger partial charge in [0.2, 0.25) is 0 Å². The molecule has 5 heteroatoms. The standard InChI is InChI=1S/C13H14FN3O/c1-16-12(18)9-3-4-11(10(14)7-9)17-13(8-15)5-2-6-13/h3-4,7,17H,2,5-6H2,1H3,(H,16,18). The zero-order valence-corrected chi connectivity index (χ0v) is 10.1. The van der Waals surface area contributed by atoms with Gasteiger partial charge in [0, 0.05) is 12.6 Å². The molecule has 1 aromatic rings. The van der Waals surface area contributed by atoms with Crippen LogP contribution >= 0.6 is 0 Å². The van der Waals surface area contributed by atoms with Gasteiger partial charge in [0.15, 0.2) is 0 Å². The van der Waals surface area contributed by atoms with Gasteiger partial charge in [-0.2, -0.15) is 5.26 Å². The lowest BCUT2D eigenvalue weighted by molar-refractivity contribution is 0.0962. The van der Waals surface area contributed by atoms with E-state index in [1.165, 1.54) is 25.2 Å². The van der Waals surface area contributed by atoms with E-state index in [0.717, 1.165) is 19.3 Å². The van der Waals surface area contributed by atoms with E-state index in [1.54, 1.807) is 0 Å². The molecule has 1 amide bonds. The zero-order valence-electron chi connectivity index (χ0n) is 10.1. The molecule has 0 atom stereocenters. The third kappa shape index (κ3) is 2.14. The monoisotopic (exact) mass is 247 g/mol. The molecule has 18 heavy (non-hydrogen) atoms. The van der Waals surface area contributed by atoms with E-state index in [1.807, 2.05) is 0 Å². The molecular formula is C13H14FN3O. The molecule has 94 valence electrons. The van der Waals surface area contributed by atoms with Gasteiger partial charge in [-0.25, -0.2) is 4.39 Å². The molecule has 2 rings (SSSR count). The fourth-order valence-corrected chi connectivity index (χ4v) is 1.95. The Labute approximate surface area is 105 Å². The molecule has 0 heterocycles. The van der Waals surface area contributed by atoms with Crippen molar-refractivity contribution in [1.82, 2.24) is 5.32 Å². The van der Waals surface area contributed by atoms with Gasteiger partial charge in [0.1, 0.15) is 11.4 Å². The number of hydrogen-bond donors (Lipinski definition) is 2. The second-order valence-electron chi connectivity index (χ2n) is 4.45. The number of anilines is 1. The summed E-state index contributed by atoms with van der Waals surface area (Å²) >= 11 is 0. The van der Waals surface area contributed by atoms with Crippen molar-refractivity contribution in [3.63, 3.8) is 0 Å². The second kappa shape index (κ2) is 4.65. The molecule has 0 bridgehead atoms. The quantitative estimate of drug-likeness (QED) is 0.859. The summed E-state index contributed by atoms with van der Waals surface area (Å²) in [5, 5.41) is 14.4. The maximum absolute atomic E-state index is 13.8. The Morgan fingerprint density at radius 2 is 2.22 bits per heavy atom. The van der Waals surface area contributed by atoms with Crippen LogP contribution in [0.15, 0.2) is 18.2 Å². The van der Waals surface area contributed by atoms with Gasteiger partial charge in [0.25, 0.3) is 5.91 Å². The first-order valence-electron chi connectivity index (χ1n) is 5.81. The number of carbonyl (C=O) groups excluding carboxylic acids is 1. The summed E-state index contributed by atoms with van der Waals surface area (Å²) in [4.78, 5) is 11.3. The zero-order chi connectivity index (χ0) is 13.2. The number of benzene rings is 1. The van der Waals surface area contributed by atoms with E-state index in [4.69, 9.17) is 5.26 Å². The summed E-state index contributed by atoms with van der Waals surface area (Å²) in [6.45, 7) is 0. The molecule has 0 unspecified atom stereocenters. The molecular weight excluding hydrogens is 233 g/mol. The summed E-state index contributed by atoms with van der Waals surface area (Å²) in [5.41, 5.74) is -0.112. The summed E-state index contributed by atoms with van der Waals surface area (Å²) in [6, 6.07) is 6.39. The minimum atomic E-state index is -0.643. The Bertz CT molecular complexity index is 517. The van der Waals surface area contributed by atoms with Crippen LogP contribution in [0, 0.1) is 17.1 Å². The average Bonchev–Trinajstić information content (AvgIpc) is 2.34. The highest BCUT2D eigenvalue weighted by Gasteiger charge is 2.37. The van der Waals surface area contributed by atoms with Crippen LogP contribution in [0.1, 0.15) is 29.6 Å². The van der Waals surface area contributed by atoms with E-state index in [2.05, 4.69) is 16.7 Å². The van der Waals surface area contributed by atoms with E-state index in [9.17, 15) is 9.18 Å². The number of nitrogens with one attached hydrogen (secondary N) is 2. The predicted molar refractivity (Wildman–Crippen MR) is 65.6 cm³/mol. The Morgan fingerprint density at radius 1 is 1.50 bits per heavy atom. The van der Waals surface area contributed by atoms with Crippen molar-refractivity contribution >= 4 is 11.6 Å². The van der Waals surface area contributed by atoms with Crippen molar-refractivity contribution < 1.29 is 9.18 Å². The minimum absolute atomic E-state index is 0.264. The van der Waals surface area contributed by atoms with Gasteiger partial charge in [-0.3, -0.25) is 4.79 Å². The fourth-order valence-electron chi connectivity index (χ4n) is 1.95. The third-order valence-corrected chi connectivity index (χ3v) is 3.25. The van der Waals surface area contributed by atoms with Crippen molar-refractivity contribution in [3.8, 4) is 6.07 Å². The molecule has 4 nitrogen and oxygen atoms in total. The average molecular weight is 247 g/mol. The summed E-state index contributed by atoms with van der Waals surface area (Å²) in [6.07, 6.45) is 2.42. The first kappa shape index (κ1) is 12.4. The van der Waals surface area contributed by atoms with E-state index < -0.39 is 11.4 Å². The number of nitriles is 1. The van der Waals surface area contributed by atoms with Crippen LogP contribution in [0.2, 0.25) is 0 Å². The van der Waals surface area contributed by atoms with Gasteiger partial charge in [0.05, 0.1) is 11.8 Å². The molecule has 0 aromatic heterocycles. The maximum atomic E-state index is 13.8. The Kier molecular flexibility index (Phi) is 3.19. The van der Waals surface area contributed by atoms with Crippen LogP contribution in [-0.4, -0.2) is 18.5 Å². The van der Waals surface area contributed by atoms with Crippen molar-refractivity contribution in [2.24, 2.45) is 0 Å². The molecule has 0 saturated heterocycles. The van der Waals surface area contributed by atoms with Crippen molar-refractivity contribution in [1.29, 1.82) is 5.26 Å². The van der Waals surface area contributed by atoms with E-state index in [0.29, 0.717) is 0 Å². The Balaban J connectivity index is 2.20. The van der Waals surface area contributed by atoms with Crippen molar-refractivity contribution in [2.45, 2.75) is 24.8 Å². The maximum Gasteiger partial charge on any atom is 0.251 e. The van der Waals surface area contributed by atoms with Crippen LogP contribution in [0.25, 0.3) is 0 Å². The van der Waals surface area contributed by atoms with Crippen LogP contribution < -0.4 is 10.6 Å². The SMILES string of the molecule is CNC(=O)c1ccc(NC2(C#N)CCC2)c(F)c1. The number of hydrogen-bond acceptors (Lipinski definition) is 3. The van der Waals surface area contributed by atoms with Crippen molar-refractivity contribution in [2.75, 3.05) is 12.4 Å². The van der Waals surface area contributed by atoms with Gasteiger partial charge in [-0.15, -0.1) is 0 Å². The van der Waals surface area contributed by atoms with Gasteiger partial charge in [-0.1, -0.05) is 0 Å². The first-order valence-corrected chi connectivity index (χ1v) is 5.81. The second-order valence-corrected chi connectivity index (χ2v) is 4.45. The molecule has 1 saturated carbocycles. The van der Waals surface area contributed by atoms with Crippen molar-refractivity contribution in [3.05, 3.63) is 29.6 Å². The predicted octanol–water partition coefficient (Wildman–Crippen LogP) is 2.04. The van der Waals surface area contributed by atoms with Crippen LogP contribution in [0.4, 0.5) is 10.1 Å². The van der Waals surface area contributed by atoms with Crippen LogP contribution in [0.5, 0.6) is 0 Å². The van der Waals surface area contributed by atoms with Gasteiger partial charge >= 0.3 is 0 Å². The highest BCUT2D eigenvalue weighted by molar-refractivity contribution is 5.94. The number of nitrogens with zero attached hydrogens (tertiary/aromatic N) is 1. The Hall–Kier alpha value is -2.09. The molecule has 0 aliphatic heterocycles. The first-order chi connectivity index (χ1) is 8.60. The highest BCUT2D eigenvalue weighted by Crippen LogP contribution is 2.35. The summed E-state index contributed by atoms with van der Waals surface area (Å²) in [7, 11) is 1.49. The number of carbonyl (C=O) groups is 1. The molecule has 1 fully saturated rings. The molecule has 0 radical (unpaired) electrons.